The second-order valence-electron chi connectivity index (χ2n) is 5.33. The molecule has 0 bridgehead atoms. The Morgan fingerprint density at radius 1 is 1.41 bits per heavy atom. The molecule has 0 atom stereocenters. The Bertz CT molecular complexity index is 952. The Morgan fingerprint density at radius 2 is 2.07 bits per heavy atom. The van der Waals surface area contributed by atoms with E-state index in [1.54, 1.807) is 6.07 Å². The van der Waals surface area contributed by atoms with E-state index in [2.05, 4.69) is 26.3 Å². The van der Waals surface area contributed by atoms with Crippen LogP contribution < -0.4 is 10.6 Å². The number of alkyl halides is 2. The average Bonchev–Trinajstić information content (AvgIpc) is 2.91. The molecule has 2 rings (SSSR count). The van der Waals surface area contributed by atoms with Gasteiger partial charge in [0.25, 0.3) is 11.8 Å². The molecule has 2 aromatic rings. The van der Waals surface area contributed by atoms with Gasteiger partial charge in [-0.05, 0) is 41.1 Å². The molecule has 1 aromatic carbocycles. The van der Waals surface area contributed by atoms with Gasteiger partial charge in [-0.1, -0.05) is 0 Å². The highest BCUT2D eigenvalue weighted by molar-refractivity contribution is 9.10. The maximum atomic E-state index is 14.3. The zero-order chi connectivity index (χ0) is 20.4. The summed E-state index contributed by atoms with van der Waals surface area (Å²) in [5.74, 6) is -7.12. The van der Waals surface area contributed by atoms with Crippen LogP contribution >= 0.6 is 15.9 Å². The van der Waals surface area contributed by atoms with Gasteiger partial charge < -0.3 is 10.6 Å². The van der Waals surface area contributed by atoms with Gasteiger partial charge in [-0.25, -0.2) is 4.39 Å². The smallest absolute Gasteiger partial charge is 0.351 e. The summed E-state index contributed by atoms with van der Waals surface area (Å²) in [6.07, 6.45) is 0. The lowest BCUT2D eigenvalue weighted by Crippen LogP contribution is -2.38. The van der Waals surface area contributed by atoms with Crippen molar-refractivity contribution in [3.63, 3.8) is 0 Å². The highest BCUT2D eigenvalue weighted by atomic mass is 79.9. The molecule has 0 spiro atoms. The number of benzene rings is 1. The van der Waals surface area contributed by atoms with Crippen LogP contribution in [0.4, 0.5) is 18.9 Å². The fourth-order valence-electron chi connectivity index (χ4n) is 2.20. The number of aromatic nitrogens is 2. The van der Waals surface area contributed by atoms with Crippen LogP contribution in [0.15, 0.2) is 22.7 Å². The molecular formula is C16H13BrF3N5O2. The first-order valence-electron chi connectivity index (χ1n) is 7.53. The number of hydrogen-bond donors (Lipinski definition) is 2. The average molecular weight is 444 g/mol. The molecule has 0 saturated carbocycles. The van der Waals surface area contributed by atoms with Crippen LogP contribution in [0.5, 0.6) is 0 Å². The van der Waals surface area contributed by atoms with Gasteiger partial charge in [-0.15, -0.1) is 0 Å². The van der Waals surface area contributed by atoms with Crippen LogP contribution in [0, 0.1) is 17.1 Å². The summed E-state index contributed by atoms with van der Waals surface area (Å²) >= 11 is 2.89. The second-order valence-corrected chi connectivity index (χ2v) is 6.12. The first-order chi connectivity index (χ1) is 12.6. The first-order valence-corrected chi connectivity index (χ1v) is 8.32. The number of hydrogen-bond acceptors (Lipinski definition) is 4. The van der Waals surface area contributed by atoms with Gasteiger partial charge in [0.05, 0.1) is 10.0 Å². The monoisotopic (exact) mass is 443 g/mol. The van der Waals surface area contributed by atoms with E-state index in [1.807, 2.05) is 5.32 Å². The van der Waals surface area contributed by atoms with E-state index < -0.39 is 29.2 Å². The number of likely N-dealkylation sites (N-methyl/N-ethyl adjacent to an activating group) is 1. The van der Waals surface area contributed by atoms with Crippen molar-refractivity contribution < 1.29 is 22.8 Å². The van der Waals surface area contributed by atoms with Gasteiger partial charge in [-0.2, -0.15) is 19.1 Å². The van der Waals surface area contributed by atoms with E-state index in [0.717, 1.165) is 16.8 Å². The van der Waals surface area contributed by atoms with Gasteiger partial charge in [0.1, 0.15) is 17.6 Å². The minimum atomic E-state index is -3.96. The molecule has 1 aromatic heterocycles. The number of aryl methyl sites for hydroxylation is 1. The third-order valence-electron chi connectivity index (χ3n) is 3.47. The fraction of sp³-hybridized carbons (Fsp3) is 0.250. The molecule has 11 heteroatoms. The third-order valence-corrected chi connectivity index (χ3v) is 4.22. The molecule has 142 valence electrons. The first kappa shape index (κ1) is 20.4. The number of rotatable bonds is 5. The Morgan fingerprint density at radius 3 is 2.67 bits per heavy atom. The van der Waals surface area contributed by atoms with Crippen molar-refractivity contribution in [2.75, 3.05) is 11.9 Å². The molecule has 2 N–H and O–H groups in total. The largest absolute Gasteiger partial charge is 0.368 e. The summed E-state index contributed by atoms with van der Waals surface area (Å²) in [6.45, 7) is 1.48. The molecule has 0 aliphatic carbocycles. The van der Waals surface area contributed by atoms with Crippen LogP contribution in [0.3, 0.4) is 0 Å². The lowest BCUT2D eigenvalue weighted by Gasteiger charge is -2.13. The van der Waals surface area contributed by atoms with Gasteiger partial charge in [0.15, 0.2) is 5.69 Å². The Labute approximate surface area is 160 Å². The lowest BCUT2D eigenvalue weighted by molar-refractivity contribution is -0.147. The van der Waals surface area contributed by atoms with E-state index in [0.29, 0.717) is 0 Å². The van der Waals surface area contributed by atoms with Crippen molar-refractivity contribution in [3.05, 3.63) is 45.4 Å². The Kier molecular flexibility index (Phi) is 5.90. The zero-order valence-corrected chi connectivity index (χ0v) is 15.7. The zero-order valence-electron chi connectivity index (χ0n) is 14.1. The second kappa shape index (κ2) is 7.79. The number of nitriles is 1. The van der Waals surface area contributed by atoms with Crippen LogP contribution in [0.2, 0.25) is 0 Å². The molecular weight excluding hydrogens is 431 g/mol. The van der Waals surface area contributed by atoms with Gasteiger partial charge in [0.2, 0.25) is 0 Å². The van der Waals surface area contributed by atoms with Crippen LogP contribution in [0.25, 0.3) is 0 Å². The van der Waals surface area contributed by atoms with Crippen molar-refractivity contribution in [1.82, 2.24) is 15.1 Å². The molecule has 7 nitrogen and oxygen atoms in total. The predicted octanol–water partition coefficient (Wildman–Crippen LogP) is 2.67. The fourth-order valence-corrected chi connectivity index (χ4v) is 2.97. The number of halogens is 4. The summed E-state index contributed by atoms with van der Waals surface area (Å²) < 4.78 is 42.5. The number of amides is 2. The number of nitrogens with zero attached hydrogens (tertiary/aromatic N) is 3. The number of nitrogens with one attached hydrogen (secondary N) is 2. The highest BCUT2D eigenvalue weighted by Gasteiger charge is 2.46. The summed E-state index contributed by atoms with van der Waals surface area (Å²) in [5, 5.41) is 16.8. The Balaban J connectivity index is 2.37. The molecule has 0 aliphatic heterocycles. The SMILES string of the molecule is CCNC(=O)C(F)(F)c1nn(C)c(C(=O)Nc2ccc(F)c(C#N)c2)c1Br. The standard InChI is InChI=1S/C16H13BrF3N5O2/c1-3-22-15(27)16(19,20)13-11(17)12(25(2)24-13)14(26)23-9-4-5-10(18)8(6-9)7-21/h4-6H,3H2,1-2H3,(H,22,27)(H,23,26). The van der Waals surface area contributed by atoms with Crippen molar-refractivity contribution in [2.24, 2.45) is 7.05 Å². The molecule has 0 saturated heterocycles. The molecule has 1 heterocycles. The van der Waals surface area contributed by atoms with Crippen LogP contribution in [0.1, 0.15) is 28.7 Å². The maximum Gasteiger partial charge on any atom is 0.368 e. The quantitative estimate of drug-likeness (QED) is 0.741. The summed E-state index contributed by atoms with van der Waals surface area (Å²) in [4.78, 5) is 24.1. The molecule has 0 unspecified atom stereocenters. The normalized spacial score (nSPS) is 11.0. The minimum Gasteiger partial charge on any atom is -0.351 e. The van der Waals surface area contributed by atoms with Gasteiger partial charge >= 0.3 is 5.92 Å². The highest BCUT2D eigenvalue weighted by Crippen LogP contribution is 2.35. The van der Waals surface area contributed by atoms with Crippen molar-refractivity contribution in [3.8, 4) is 6.07 Å². The topological polar surface area (TPSA) is 99.8 Å². The van der Waals surface area contributed by atoms with E-state index in [1.165, 1.54) is 20.0 Å². The predicted molar refractivity (Wildman–Crippen MR) is 92.6 cm³/mol. The third kappa shape index (κ3) is 3.95. The number of carbonyl (C=O) groups is 2. The van der Waals surface area contributed by atoms with E-state index >= 15 is 0 Å². The maximum absolute atomic E-state index is 14.3. The van der Waals surface area contributed by atoms with Crippen molar-refractivity contribution >= 4 is 33.4 Å². The summed E-state index contributed by atoms with van der Waals surface area (Å²) in [5.41, 5.74) is -1.40. The number of anilines is 1. The summed E-state index contributed by atoms with van der Waals surface area (Å²) in [7, 11) is 1.25. The minimum absolute atomic E-state index is 0.00197. The van der Waals surface area contributed by atoms with E-state index in [4.69, 9.17) is 5.26 Å². The van der Waals surface area contributed by atoms with Crippen LogP contribution in [-0.2, 0) is 17.8 Å². The molecule has 27 heavy (non-hydrogen) atoms. The molecule has 0 aliphatic rings. The summed E-state index contributed by atoms with van der Waals surface area (Å²) in [6, 6.07) is 4.92. The van der Waals surface area contributed by atoms with Crippen molar-refractivity contribution in [1.29, 1.82) is 5.26 Å². The Hall–Kier alpha value is -2.87. The van der Waals surface area contributed by atoms with Gasteiger partial charge in [0, 0.05) is 19.3 Å². The molecule has 2 amide bonds. The van der Waals surface area contributed by atoms with E-state index in [-0.39, 0.29) is 28.0 Å². The lowest BCUT2D eigenvalue weighted by atomic mass is 10.2. The van der Waals surface area contributed by atoms with Crippen molar-refractivity contribution in [2.45, 2.75) is 12.8 Å². The number of carbonyl (C=O) groups excluding carboxylic acids is 2. The van der Waals surface area contributed by atoms with Crippen LogP contribution in [-0.4, -0.2) is 28.1 Å². The molecule has 0 fully saturated rings. The molecule has 0 radical (unpaired) electrons. The van der Waals surface area contributed by atoms with Gasteiger partial charge in [-0.3, -0.25) is 14.3 Å². The van der Waals surface area contributed by atoms with E-state index in [9.17, 15) is 22.8 Å².